The third kappa shape index (κ3) is 5.70. The van der Waals surface area contributed by atoms with Crippen LogP contribution in [0.5, 0.6) is 0 Å². The molecule has 0 bridgehead atoms. The van der Waals surface area contributed by atoms with Crippen LogP contribution in [-0.4, -0.2) is 30.3 Å². The van der Waals surface area contributed by atoms with E-state index in [2.05, 4.69) is 16.0 Å². The molecule has 1 aromatic heterocycles. The highest BCUT2D eigenvalue weighted by atomic mass is 32.1. The van der Waals surface area contributed by atoms with Crippen molar-refractivity contribution in [2.45, 2.75) is 32.7 Å². The van der Waals surface area contributed by atoms with Gasteiger partial charge >= 0.3 is 0 Å². The fourth-order valence-electron chi connectivity index (χ4n) is 2.21. The van der Waals surface area contributed by atoms with Gasteiger partial charge in [-0.05, 0) is 36.9 Å². The second-order valence-corrected chi connectivity index (χ2v) is 6.67. The average Bonchev–Trinajstić information content (AvgIpc) is 3.16. The molecule has 2 aromatic rings. The number of rotatable bonds is 8. The van der Waals surface area contributed by atoms with Gasteiger partial charge in [0, 0.05) is 24.4 Å². The van der Waals surface area contributed by atoms with Crippen LogP contribution in [0.3, 0.4) is 0 Å². The zero-order valence-corrected chi connectivity index (χ0v) is 15.7. The normalized spacial score (nSPS) is 11.5. The number of para-hydroxylation sites is 1. The van der Waals surface area contributed by atoms with Crippen LogP contribution >= 0.6 is 11.3 Å². The average molecular weight is 373 g/mol. The van der Waals surface area contributed by atoms with Gasteiger partial charge in [0.25, 0.3) is 11.8 Å². The van der Waals surface area contributed by atoms with E-state index in [9.17, 15) is 14.4 Å². The minimum absolute atomic E-state index is 0.0984. The molecule has 0 spiro atoms. The highest BCUT2D eigenvalue weighted by Crippen LogP contribution is 2.17. The second-order valence-electron chi connectivity index (χ2n) is 5.89. The fraction of sp³-hybridized carbons (Fsp3) is 0.316. The van der Waals surface area contributed by atoms with E-state index in [4.69, 9.17) is 0 Å². The van der Waals surface area contributed by atoms with Crippen LogP contribution in [0.15, 0.2) is 41.1 Å². The zero-order valence-electron chi connectivity index (χ0n) is 14.9. The Balaban J connectivity index is 1.92. The van der Waals surface area contributed by atoms with E-state index in [1.54, 1.807) is 35.7 Å². The number of hydrogen-bond donors (Lipinski definition) is 3. The van der Waals surface area contributed by atoms with E-state index in [1.807, 2.05) is 19.2 Å². The molecule has 3 N–H and O–H groups in total. The van der Waals surface area contributed by atoms with Gasteiger partial charge in [-0.15, -0.1) is 0 Å². The van der Waals surface area contributed by atoms with Crippen LogP contribution in [0.25, 0.3) is 0 Å². The summed E-state index contributed by atoms with van der Waals surface area (Å²) in [4.78, 5) is 36.4. The van der Waals surface area contributed by atoms with Crippen LogP contribution < -0.4 is 16.0 Å². The third-order valence-corrected chi connectivity index (χ3v) is 4.54. The zero-order chi connectivity index (χ0) is 18.9. The first-order valence-corrected chi connectivity index (χ1v) is 9.45. The summed E-state index contributed by atoms with van der Waals surface area (Å²) in [5, 5.41) is 11.9. The van der Waals surface area contributed by atoms with Gasteiger partial charge in [0.05, 0.1) is 16.8 Å². The maximum atomic E-state index is 12.4. The van der Waals surface area contributed by atoms with E-state index in [0.717, 1.165) is 6.42 Å². The lowest BCUT2D eigenvalue weighted by atomic mass is 10.1. The predicted octanol–water partition coefficient (Wildman–Crippen LogP) is 3.04. The number of carbonyl (C=O) groups excluding carboxylic acids is 3. The van der Waals surface area contributed by atoms with Crippen LogP contribution in [0.2, 0.25) is 0 Å². The van der Waals surface area contributed by atoms with Gasteiger partial charge in [-0.3, -0.25) is 14.4 Å². The van der Waals surface area contributed by atoms with Crippen LogP contribution in [0.1, 0.15) is 47.4 Å². The van der Waals surface area contributed by atoms with Gasteiger partial charge in [-0.25, -0.2) is 0 Å². The lowest BCUT2D eigenvalue weighted by Gasteiger charge is -2.13. The van der Waals surface area contributed by atoms with Crippen molar-refractivity contribution in [1.82, 2.24) is 10.6 Å². The maximum absolute atomic E-state index is 12.4. The number of amides is 3. The van der Waals surface area contributed by atoms with Crippen LogP contribution in [-0.2, 0) is 4.79 Å². The number of benzene rings is 1. The highest BCUT2D eigenvalue weighted by Gasteiger charge is 2.14. The molecule has 2 rings (SSSR count). The number of nitrogens with one attached hydrogen (secondary N) is 3. The van der Waals surface area contributed by atoms with Crippen LogP contribution in [0, 0.1) is 0 Å². The Labute approximate surface area is 157 Å². The molecule has 0 radical (unpaired) electrons. The van der Waals surface area contributed by atoms with Crippen molar-refractivity contribution < 1.29 is 14.4 Å². The first-order valence-electron chi connectivity index (χ1n) is 8.51. The summed E-state index contributed by atoms with van der Waals surface area (Å²) in [5.74, 6) is -0.694. The Morgan fingerprint density at radius 3 is 2.58 bits per heavy atom. The van der Waals surface area contributed by atoms with Gasteiger partial charge in [-0.2, -0.15) is 11.3 Å². The van der Waals surface area contributed by atoms with E-state index in [1.165, 1.54) is 11.3 Å². The monoisotopic (exact) mass is 373 g/mol. The molecular weight excluding hydrogens is 350 g/mol. The van der Waals surface area contributed by atoms with Gasteiger partial charge in [0.2, 0.25) is 5.91 Å². The van der Waals surface area contributed by atoms with Crippen molar-refractivity contribution >= 4 is 34.7 Å². The summed E-state index contributed by atoms with van der Waals surface area (Å²) in [5.41, 5.74) is 1.34. The Morgan fingerprint density at radius 2 is 1.88 bits per heavy atom. The van der Waals surface area contributed by atoms with Crippen molar-refractivity contribution in [2.75, 3.05) is 11.9 Å². The Bertz CT molecular complexity index is 759. The van der Waals surface area contributed by atoms with E-state index in [0.29, 0.717) is 16.8 Å². The first-order chi connectivity index (χ1) is 12.5. The molecule has 0 saturated heterocycles. The van der Waals surface area contributed by atoms with Gasteiger partial charge in [0.1, 0.15) is 0 Å². The van der Waals surface area contributed by atoms with Crippen molar-refractivity contribution in [3.63, 3.8) is 0 Å². The quantitative estimate of drug-likeness (QED) is 0.665. The molecule has 0 aliphatic heterocycles. The smallest absolute Gasteiger partial charge is 0.256 e. The Morgan fingerprint density at radius 1 is 1.12 bits per heavy atom. The summed E-state index contributed by atoms with van der Waals surface area (Å²) >= 11 is 1.43. The molecule has 7 heteroatoms. The summed E-state index contributed by atoms with van der Waals surface area (Å²) in [7, 11) is 0. The van der Waals surface area contributed by atoms with Crippen molar-refractivity contribution in [3.05, 3.63) is 52.2 Å². The number of anilines is 1. The predicted molar refractivity (Wildman–Crippen MR) is 104 cm³/mol. The molecule has 0 saturated carbocycles. The highest BCUT2D eigenvalue weighted by molar-refractivity contribution is 7.08. The standard InChI is InChI=1S/C19H23N3O3S/c1-3-13(2)21-17(23)8-10-20-19(25)15-6-4-5-7-16(15)22-18(24)14-9-11-26-12-14/h4-7,9,11-13H,3,8,10H2,1-2H3,(H,20,25)(H,21,23)(H,22,24). The minimum atomic E-state index is -0.331. The minimum Gasteiger partial charge on any atom is -0.354 e. The lowest BCUT2D eigenvalue weighted by molar-refractivity contribution is -0.121. The van der Waals surface area contributed by atoms with Gasteiger partial charge in [0.15, 0.2) is 0 Å². The lowest BCUT2D eigenvalue weighted by Crippen LogP contribution is -2.35. The molecule has 1 heterocycles. The molecule has 0 fully saturated rings. The summed E-state index contributed by atoms with van der Waals surface area (Å²) < 4.78 is 0. The molecule has 0 aliphatic rings. The molecule has 0 aliphatic carbocycles. The van der Waals surface area contributed by atoms with E-state index >= 15 is 0 Å². The molecular formula is C19H23N3O3S. The molecule has 3 amide bonds. The Hall–Kier alpha value is -2.67. The first kappa shape index (κ1) is 19.7. The molecule has 138 valence electrons. The maximum Gasteiger partial charge on any atom is 0.256 e. The van der Waals surface area contributed by atoms with Crippen molar-refractivity contribution in [1.29, 1.82) is 0 Å². The summed E-state index contributed by atoms with van der Waals surface area (Å²) in [6.45, 7) is 4.16. The molecule has 6 nitrogen and oxygen atoms in total. The topological polar surface area (TPSA) is 87.3 Å². The van der Waals surface area contributed by atoms with Crippen molar-refractivity contribution in [2.24, 2.45) is 0 Å². The van der Waals surface area contributed by atoms with E-state index in [-0.39, 0.29) is 36.7 Å². The summed E-state index contributed by atoms with van der Waals surface area (Å²) in [6, 6.07) is 8.63. The molecule has 1 atom stereocenters. The largest absolute Gasteiger partial charge is 0.354 e. The second kappa shape index (κ2) is 9.72. The third-order valence-electron chi connectivity index (χ3n) is 3.86. The van der Waals surface area contributed by atoms with Gasteiger partial charge < -0.3 is 16.0 Å². The van der Waals surface area contributed by atoms with E-state index < -0.39 is 0 Å². The SMILES string of the molecule is CCC(C)NC(=O)CCNC(=O)c1ccccc1NC(=O)c1ccsc1. The van der Waals surface area contributed by atoms with Crippen molar-refractivity contribution in [3.8, 4) is 0 Å². The number of thiophene rings is 1. The number of carbonyl (C=O) groups is 3. The fourth-order valence-corrected chi connectivity index (χ4v) is 2.85. The Kier molecular flexibility index (Phi) is 7.35. The molecule has 26 heavy (non-hydrogen) atoms. The van der Waals surface area contributed by atoms with Crippen LogP contribution in [0.4, 0.5) is 5.69 Å². The summed E-state index contributed by atoms with van der Waals surface area (Å²) in [6.07, 6.45) is 1.06. The molecule has 1 unspecified atom stereocenters. The molecule has 1 aromatic carbocycles. The van der Waals surface area contributed by atoms with Gasteiger partial charge in [-0.1, -0.05) is 19.1 Å². The number of hydrogen-bond acceptors (Lipinski definition) is 4.